The molecule has 1 aromatic carbocycles. The highest BCUT2D eigenvalue weighted by Crippen LogP contribution is 2.24. The van der Waals surface area contributed by atoms with Crippen LogP contribution in [-0.2, 0) is 4.79 Å². The summed E-state index contributed by atoms with van der Waals surface area (Å²) in [5, 5.41) is 6.33. The molecule has 2 N–H and O–H groups in total. The maximum absolute atomic E-state index is 11.7. The molecule has 1 heterocycles. The van der Waals surface area contributed by atoms with E-state index in [1.54, 1.807) is 0 Å². The van der Waals surface area contributed by atoms with Gasteiger partial charge in [0.25, 0.3) is 5.91 Å². The standard InChI is InChI=1S/C15H22N2O2/c1-15(8-5-9-16-11-15)12-17-14(18)10-19-13-6-3-2-4-7-13/h2-4,6-7,16H,5,8-12H2,1H3,(H,17,18). The van der Waals surface area contributed by atoms with Gasteiger partial charge in [-0.2, -0.15) is 0 Å². The minimum atomic E-state index is -0.0596. The molecule has 0 aromatic heterocycles. The molecule has 1 aliphatic heterocycles. The van der Waals surface area contributed by atoms with E-state index in [1.165, 1.54) is 6.42 Å². The Balaban J connectivity index is 1.70. The summed E-state index contributed by atoms with van der Waals surface area (Å²) >= 11 is 0. The lowest BCUT2D eigenvalue weighted by molar-refractivity contribution is -0.123. The van der Waals surface area contributed by atoms with Gasteiger partial charge >= 0.3 is 0 Å². The van der Waals surface area contributed by atoms with Crippen LogP contribution in [0, 0.1) is 5.41 Å². The Morgan fingerprint density at radius 2 is 2.21 bits per heavy atom. The van der Waals surface area contributed by atoms with Gasteiger partial charge in [0.2, 0.25) is 0 Å². The molecule has 0 saturated carbocycles. The fourth-order valence-corrected chi connectivity index (χ4v) is 2.30. The second kappa shape index (κ2) is 6.57. The van der Waals surface area contributed by atoms with E-state index in [9.17, 15) is 4.79 Å². The fraction of sp³-hybridized carbons (Fsp3) is 0.533. The third kappa shape index (κ3) is 4.56. The number of amides is 1. The summed E-state index contributed by atoms with van der Waals surface area (Å²) in [6.07, 6.45) is 2.33. The lowest BCUT2D eigenvalue weighted by Crippen LogP contribution is -2.46. The summed E-state index contributed by atoms with van der Waals surface area (Å²) in [4.78, 5) is 11.7. The number of para-hydroxylation sites is 1. The van der Waals surface area contributed by atoms with Gasteiger partial charge in [0.05, 0.1) is 0 Å². The summed E-state index contributed by atoms with van der Waals surface area (Å²) in [6.45, 7) is 5.04. The van der Waals surface area contributed by atoms with Crippen LogP contribution in [0.2, 0.25) is 0 Å². The first-order valence-corrected chi connectivity index (χ1v) is 6.83. The monoisotopic (exact) mass is 262 g/mol. The van der Waals surface area contributed by atoms with E-state index in [1.807, 2.05) is 30.3 Å². The average molecular weight is 262 g/mol. The number of rotatable bonds is 5. The van der Waals surface area contributed by atoms with Crippen molar-refractivity contribution in [2.75, 3.05) is 26.2 Å². The molecule has 1 amide bonds. The molecule has 1 fully saturated rings. The molecule has 1 saturated heterocycles. The second-order valence-corrected chi connectivity index (χ2v) is 5.47. The smallest absolute Gasteiger partial charge is 0.257 e. The van der Waals surface area contributed by atoms with Gasteiger partial charge in [-0.3, -0.25) is 4.79 Å². The normalized spacial score (nSPS) is 22.8. The molecule has 0 radical (unpaired) electrons. The van der Waals surface area contributed by atoms with E-state index in [4.69, 9.17) is 4.74 Å². The predicted octanol–water partition coefficient (Wildman–Crippen LogP) is 1.57. The highest BCUT2D eigenvalue weighted by molar-refractivity contribution is 5.77. The molecule has 104 valence electrons. The Morgan fingerprint density at radius 3 is 2.89 bits per heavy atom. The van der Waals surface area contributed by atoms with Crippen LogP contribution in [0.25, 0.3) is 0 Å². The zero-order valence-electron chi connectivity index (χ0n) is 11.4. The summed E-state index contributed by atoms with van der Waals surface area (Å²) < 4.78 is 5.41. The number of hydrogen-bond acceptors (Lipinski definition) is 3. The van der Waals surface area contributed by atoms with E-state index in [2.05, 4.69) is 17.6 Å². The van der Waals surface area contributed by atoms with Crippen LogP contribution < -0.4 is 15.4 Å². The Kier molecular flexibility index (Phi) is 4.80. The number of benzene rings is 1. The minimum Gasteiger partial charge on any atom is -0.484 e. The topological polar surface area (TPSA) is 50.4 Å². The fourth-order valence-electron chi connectivity index (χ4n) is 2.30. The molecule has 4 heteroatoms. The molecule has 1 unspecified atom stereocenters. The number of piperidine rings is 1. The Morgan fingerprint density at radius 1 is 1.42 bits per heavy atom. The number of carbonyl (C=O) groups excluding carboxylic acids is 1. The first-order valence-electron chi connectivity index (χ1n) is 6.83. The van der Waals surface area contributed by atoms with Gasteiger partial charge in [0.1, 0.15) is 5.75 Å². The van der Waals surface area contributed by atoms with Crippen LogP contribution in [0.4, 0.5) is 0 Å². The molecule has 0 aliphatic carbocycles. The van der Waals surface area contributed by atoms with E-state index in [0.29, 0.717) is 6.54 Å². The lowest BCUT2D eigenvalue weighted by Gasteiger charge is -2.34. The van der Waals surface area contributed by atoms with Gasteiger partial charge < -0.3 is 15.4 Å². The Hall–Kier alpha value is -1.55. The van der Waals surface area contributed by atoms with Gasteiger partial charge in [-0.05, 0) is 36.9 Å². The number of carbonyl (C=O) groups is 1. The van der Waals surface area contributed by atoms with Crippen molar-refractivity contribution in [3.63, 3.8) is 0 Å². The molecule has 19 heavy (non-hydrogen) atoms. The largest absolute Gasteiger partial charge is 0.484 e. The summed E-state index contributed by atoms with van der Waals surface area (Å²) in [5.74, 6) is 0.666. The van der Waals surface area contributed by atoms with Crippen LogP contribution in [-0.4, -0.2) is 32.1 Å². The van der Waals surface area contributed by atoms with E-state index in [0.717, 1.165) is 25.3 Å². The quantitative estimate of drug-likeness (QED) is 0.847. The van der Waals surface area contributed by atoms with Crippen molar-refractivity contribution in [2.24, 2.45) is 5.41 Å². The van der Waals surface area contributed by atoms with Crippen molar-refractivity contribution in [1.29, 1.82) is 0 Å². The summed E-state index contributed by atoms with van der Waals surface area (Å²) in [5.41, 5.74) is 0.167. The maximum Gasteiger partial charge on any atom is 0.257 e. The second-order valence-electron chi connectivity index (χ2n) is 5.47. The molecular formula is C15H22N2O2. The van der Waals surface area contributed by atoms with Crippen molar-refractivity contribution in [3.05, 3.63) is 30.3 Å². The minimum absolute atomic E-state index is 0.0596. The molecule has 0 spiro atoms. The predicted molar refractivity (Wildman–Crippen MR) is 75.2 cm³/mol. The van der Waals surface area contributed by atoms with Crippen LogP contribution in [0.1, 0.15) is 19.8 Å². The van der Waals surface area contributed by atoms with Gasteiger partial charge in [-0.25, -0.2) is 0 Å². The SMILES string of the molecule is CC1(CNC(=O)COc2ccccc2)CCCNC1. The zero-order valence-corrected chi connectivity index (χ0v) is 11.4. The molecule has 4 nitrogen and oxygen atoms in total. The van der Waals surface area contributed by atoms with Gasteiger partial charge in [0.15, 0.2) is 6.61 Å². The lowest BCUT2D eigenvalue weighted by atomic mass is 9.83. The summed E-state index contributed by atoms with van der Waals surface area (Å²) in [7, 11) is 0. The molecule has 1 aliphatic rings. The van der Waals surface area contributed by atoms with Crippen molar-refractivity contribution >= 4 is 5.91 Å². The molecule has 1 atom stereocenters. The highest BCUT2D eigenvalue weighted by atomic mass is 16.5. The van der Waals surface area contributed by atoms with Crippen molar-refractivity contribution in [2.45, 2.75) is 19.8 Å². The maximum atomic E-state index is 11.7. The molecule has 2 rings (SSSR count). The van der Waals surface area contributed by atoms with E-state index < -0.39 is 0 Å². The van der Waals surface area contributed by atoms with Crippen molar-refractivity contribution < 1.29 is 9.53 Å². The first-order chi connectivity index (χ1) is 9.18. The van der Waals surface area contributed by atoms with Gasteiger partial charge in [0, 0.05) is 13.1 Å². The number of hydrogen-bond donors (Lipinski definition) is 2. The van der Waals surface area contributed by atoms with E-state index in [-0.39, 0.29) is 17.9 Å². The molecular weight excluding hydrogens is 240 g/mol. The third-order valence-corrected chi connectivity index (χ3v) is 3.51. The number of nitrogens with one attached hydrogen (secondary N) is 2. The third-order valence-electron chi connectivity index (χ3n) is 3.51. The number of ether oxygens (including phenoxy) is 1. The van der Waals surface area contributed by atoms with Gasteiger partial charge in [-0.1, -0.05) is 25.1 Å². The Labute approximate surface area is 114 Å². The average Bonchev–Trinajstić information content (AvgIpc) is 2.45. The van der Waals surface area contributed by atoms with Crippen molar-refractivity contribution in [1.82, 2.24) is 10.6 Å². The zero-order chi connectivity index (χ0) is 13.6. The first kappa shape index (κ1) is 13.9. The Bertz CT molecular complexity index is 400. The molecule has 1 aromatic rings. The molecule has 0 bridgehead atoms. The van der Waals surface area contributed by atoms with Crippen LogP contribution in [0.3, 0.4) is 0 Å². The van der Waals surface area contributed by atoms with Crippen LogP contribution in [0.5, 0.6) is 5.75 Å². The van der Waals surface area contributed by atoms with Crippen LogP contribution >= 0.6 is 0 Å². The van der Waals surface area contributed by atoms with Crippen LogP contribution in [0.15, 0.2) is 30.3 Å². The van der Waals surface area contributed by atoms with E-state index >= 15 is 0 Å². The highest BCUT2D eigenvalue weighted by Gasteiger charge is 2.26. The van der Waals surface area contributed by atoms with Crippen molar-refractivity contribution in [3.8, 4) is 5.75 Å². The summed E-state index contributed by atoms with van der Waals surface area (Å²) in [6, 6.07) is 9.40. The van der Waals surface area contributed by atoms with Gasteiger partial charge in [-0.15, -0.1) is 0 Å².